The van der Waals surface area contributed by atoms with Crippen molar-refractivity contribution in [2.75, 3.05) is 5.32 Å². The second kappa shape index (κ2) is 8.87. The number of nitrogens with zero attached hydrogens (tertiary/aromatic N) is 1. The van der Waals surface area contributed by atoms with Crippen LogP contribution in [0.25, 0.3) is 58.8 Å². The second-order valence-corrected chi connectivity index (χ2v) is 11.0. The largest absolute Gasteiger partial charge is 0.355 e. The van der Waals surface area contributed by atoms with Crippen LogP contribution in [0, 0.1) is 0 Å². The van der Waals surface area contributed by atoms with E-state index in [1.165, 1.54) is 58.8 Å². The maximum atomic E-state index is 3.76. The van der Waals surface area contributed by atoms with Gasteiger partial charge in [0.2, 0.25) is 0 Å². The average molecular weight is 517 g/mol. The molecule has 39 heavy (non-hydrogen) atoms. The standard InChI is InChI=1S/C36H24N2S/c1-3-11-24(12-4-1)31-21-26(23-35-36(31)30-16-8-10-18-34(30)39-35)37-25-19-20-29-28-15-7-9-17-32(28)38(33(29)22-25)27-13-5-2-6-14-27/h1-23,37H. The first-order valence-corrected chi connectivity index (χ1v) is 14.0. The smallest absolute Gasteiger partial charge is 0.0561 e. The third-order valence-corrected chi connectivity index (χ3v) is 8.66. The van der Waals surface area contributed by atoms with Crippen molar-refractivity contribution in [1.82, 2.24) is 4.57 Å². The molecular weight excluding hydrogens is 492 g/mol. The first-order valence-electron chi connectivity index (χ1n) is 13.2. The Morgan fingerprint density at radius 3 is 2.03 bits per heavy atom. The minimum atomic E-state index is 1.07. The third-order valence-electron chi connectivity index (χ3n) is 7.54. The first-order chi connectivity index (χ1) is 19.3. The van der Waals surface area contributed by atoms with E-state index < -0.39 is 0 Å². The summed E-state index contributed by atoms with van der Waals surface area (Å²) in [4.78, 5) is 0. The number of anilines is 2. The van der Waals surface area contributed by atoms with Crippen LogP contribution in [0.1, 0.15) is 0 Å². The molecule has 0 saturated carbocycles. The summed E-state index contributed by atoms with van der Waals surface area (Å²) < 4.78 is 4.97. The maximum absolute atomic E-state index is 3.76. The fourth-order valence-electron chi connectivity index (χ4n) is 5.84. The van der Waals surface area contributed by atoms with Gasteiger partial charge in [-0.2, -0.15) is 0 Å². The summed E-state index contributed by atoms with van der Waals surface area (Å²) in [6, 6.07) is 50.0. The molecule has 0 saturated heterocycles. The molecule has 6 aromatic carbocycles. The van der Waals surface area contributed by atoms with Crippen LogP contribution in [0.2, 0.25) is 0 Å². The number of para-hydroxylation sites is 2. The van der Waals surface area contributed by atoms with Gasteiger partial charge in [-0.3, -0.25) is 0 Å². The van der Waals surface area contributed by atoms with Gasteiger partial charge in [-0.1, -0.05) is 91.0 Å². The predicted octanol–water partition coefficient (Wildman–Crippen LogP) is 10.6. The van der Waals surface area contributed by atoms with Crippen molar-refractivity contribution in [2.24, 2.45) is 0 Å². The van der Waals surface area contributed by atoms with E-state index in [1.807, 2.05) is 11.3 Å². The van der Waals surface area contributed by atoms with E-state index in [9.17, 15) is 0 Å². The molecule has 0 aliphatic rings. The third kappa shape index (κ3) is 3.63. The lowest BCUT2D eigenvalue weighted by Crippen LogP contribution is -1.95. The van der Waals surface area contributed by atoms with Gasteiger partial charge in [-0.05, 0) is 59.7 Å². The van der Waals surface area contributed by atoms with Crippen LogP contribution in [-0.2, 0) is 0 Å². The van der Waals surface area contributed by atoms with Gasteiger partial charge in [0.05, 0.1) is 11.0 Å². The van der Waals surface area contributed by atoms with E-state index in [0.29, 0.717) is 0 Å². The van der Waals surface area contributed by atoms with E-state index in [0.717, 1.165) is 11.4 Å². The van der Waals surface area contributed by atoms with Crippen molar-refractivity contribution in [3.63, 3.8) is 0 Å². The molecule has 2 aromatic heterocycles. The second-order valence-electron chi connectivity index (χ2n) is 9.91. The molecule has 2 heterocycles. The number of fused-ring (bicyclic) bond motifs is 6. The highest BCUT2D eigenvalue weighted by atomic mass is 32.1. The highest BCUT2D eigenvalue weighted by molar-refractivity contribution is 7.26. The highest BCUT2D eigenvalue weighted by Gasteiger charge is 2.15. The Hall–Kier alpha value is -4.86. The van der Waals surface area contributed by atoms with Gasteiger partial charge >= 0.3 is 0 Å². The predicted molar refractivity (Wildman–Crippen MR) is 169 cm³/mol. The van der Waals surface area contributed by atoms with Crippen LogP contribution >= 0.6 is 11.3 Å². The Morgan fingerprint density at radius 2 is 1.18 bits per heavy atom. The number of thiophene rings is 1. The fraction of sp³-hybridized carbons (Fsp3) is 0. The number of nitrogens with one attached hydrogen (secondary N) is 1. The van der Waals surface area contributed by atoms with Gasteiger partial charge < -0.3 is 9.88 Å². The van der Waals surface area contributed by atoms with Crippen molar-refractivity contribution >= 4 is 64.7 Å². The molecule has 0 unspecified atom stereocenters. The molecule has 0 fully saturated rings. The summed E-state index contributed by atoms with van der Waals surface area (Å²) in [7, 11) is 0. The van der Waals surface area contributed by atoms with Crippen LogP contribution in [-0.4, -0.2) is 4.57 Å². The lowest BCUT2D eigenvalue weighted by molar-refractivity contribution is 1.18. The average Bonchev–Trinajstić information content (AvgIpc) is 3.53. The minimum Gasteiger partial charge on any atom is -0.355 e. The van der Waals surface area contributed by atoms with E-state index >= 15 is 0 Å². The lowest BCUT2D eigenvalue weighted by Gasteiger charge is -2.12. The zero-order valence-corrected chi connectivity index (χ0v) is 22.0. The van der Waals surface area contributed by atoms with Crippen LogP contribution < -0.4 is 5.32 Å². The number of aromatic nitrogens is 1. The van der Waals surface area contributed by atoms with Crippen molar-refractivity contribution in [3.8, 4) is 16.8 Å². The van der Waals surface area contributed by atoms with Crippen LogP contribution in [0.4, 0.5) is 11.4 Å². The number of benzene rings is 6. The molecule has 0 bridgehead atoms. The lowest BCUT2D eigenvalue weighted by atomic mass is 9.98. The molecule has 0 aliphatic heterocycles. The highest BCUT2D eigenvalue weighted by Crippen LogP contribution is 2.42. The van der Waals surface area contributed by atoms with E-state index in [4.69, 9.17) is 0 Å². The van der Waals surface area contributed by atoms with Crippen molar-refractivity contribution in [2.45, 2.75) is 0 Å². The summed E-state index contributed by atoms with van der Waals surface area (Å²) in [5.41, 5.74) is 8.23. The van der Waals surface area contributed by atoms with Crippen molar-refractivity contribution in [1.29, 1.82) is 0 Å². The SMILES string of the molecule is c1ccc(-c2cc(Nc3ccc4c5ccccc5n(-c5ccccc5)c4c3)cc3sc4ccccc4c23)cc1. The zero-order valence-electron chi connectivity index (χ0n) is 21.1. The first kappa shape index (κ1) is 22.2. The molecule has 3 heteroatoms. The minimum absolute atomic E-state index is 1.07. The summed E-state index contributed by atoms with van der Waals surface area (Å²) in [5, 5.41) is 8.92. The molecule has 8 rings (SSSR count). The molecule has 0 spiro atoms. The van der Waals surface area contributed by atoms with Gasteiger partial charge in [-0.15, -0.1) is 11.3 Å². The molecule has 0 amide bonds. The normalized spacial score (nSPS) is 11.6. The summed E-state index contributed by atoms with van der Waals surface area (Å²) in [6.45, 7) is 0. The van der Waals surface area contributed by atoms with Gasteiger partial charge in [0.15, 0.2) is 0 Å². The van der Waals surface area contributed by atoms with Gasteiger partial charge in [0.25, 0.3) is 0 Å². The van der Waals surface area contributed by atoms with E-state index in [2.05, 4.69) is 149 Å². The Kier molecular flexibility index (Phi) is 5.04. The van der Waals surface area contributed by atoms with Gasteiger partial charge in [0.1, 0.15) is 0 Å². The Labute approximate surface area is 230 Å². The quantitative estimate of drug-likeness (QED) is 0.246. The molecular formula is C36H24N2S. The monoisotopic (exact) mass is 516 g/mol. The Balaban J connectivity index is 1.32. The zero-order chi connectivity index (χ0) is 25.8. The van der Waals surface area contributed by atoms with E-state index in [-0.39, 0.29) is 0 Å². The molecule has 0 aliphatic carbocycles. The van der Waals surface area contributed by atoms with Crippen molar-refractivity contribution < 1.29 is 0 Å². The number of hydrogen-bond donors (Lipinski definition) is 1. The topological polar surface area (TPSA) is 17.0 Å². The summed E-state index contributed by atoms with van der Waals surface area (Å²) >= 11 is 1.86. The molecule has 8 aromatic rings. The van der Waals surface area contributed by atoms with Crippen LogP contribution in [0.5, 0.6) is 0 Å². The van der Waals surface area contributed by atoms with Gasteiger partial charge in [0, 0.05) is 48.0 Å². The Morgan fingerprint density at radius 1 is 0.487 bits per heavy atom. The summed E-state index contributed by atoms with van der Waals surface area (Å²) in [5.74, 6) is 0. The summed E-state index contributed by atoms with van der Waals surface area (Å²) in [6.07, 6.45) is 0. The number of rotatable bonds is 4. The molecule has 2 nitrogen and oxygen atoms in total. The van der Waals surface area contributed by atoms with Crippen LogP contribution in [0.3, 0.4) is 0 Å². The van der Waals surface area contributed by atoms with E-state index in [1.54, 1.807) is 0 Å². The Bertz CT molecular complexity index is 2140. The molecule has 0 atom stereocenters. The number of hydrogen-bond acceptors (Lipinski definition) is 2. The maximum Gasteiger partial charge on any atom is 0.0561 e. The molecule has 1 N–H and O–H groups in total. The van der Waals surface area contributed by atoms with Crippen LogP contribution in [0.15, 0.2) is 140 Å². The molecule has 0 radical (unpaired) electrons. The fourth-order valence-corrected chi connectivity index (χ4v) is 7.01. The van der Waals surface area contributed by atoms with Crippen molar-refractivity contribution in [3.05, 3.63) is 140 Å². The van der Waals surface area contributed by atoms with Gasteiger partial charge in [-0.25, -0.2) is 0 Å². The molecule has 184 valence electrons.